The highest BCUT2D eigenvalue weighted by molar-refractivity contribution is 7.90. The summed E-state index contributed by atoms with van der Waals surface area (Å²) in [6.07, 6.45) is -0.378. The number of ether oxygens (including phenoxy) is 3. The number of nitrogens with one attached hydrogen (secondary N) is 1. The lowest BCUT2D eigenvalue weighted by Gasteiger charge is -2.37. The summed E-state index contributed by atoms with van der Waals surface area (Å²) in [5, 5.41) is 2.87. The van der Waals surface area contributed by atoms with Crippen molar-refractivity contribution in [1.29, 1.82) is 0 Å². The standard InChI is InChI=1S/C26H39NO7SSi/c1-26(2,3)36(7,8)34-17-21(32-5)16-24(28)27-23-15-20(31-4)14-19(25(23)33-6)18-35(29,30)22-12-10-9-11-13-22/h9-15,21H,16-18H2,1-8H3,(H,27,28)/t21-/m1/s1. The van der Waals surface area contributed by atoms with Crippen LogP contribution in [0.2, 0.25) is 18.1 Å². The molecule has 0 bridgehead atoms. The second-order valence-corrected chi connectivity index (χ2v) is 16.9. The SMILES string of the molecule is COc1cc(CS(=O)(=O)c2ccccc2)c(OC)c(NC(=O)C[C@H](CO[Si](C)(C)C(C)(C)C)OC)c1. The number of sulfone groups is 1. The van der Waals surface area contributed by atoms with Gasteiger partial charge in [0.15, 0.2) is 18.2 Å². The summed E-state index contributed by atoms with van der Waals surface area (Å²) in [4.78, 5) is 13.1. The van der Waals surface area contributed by atoms with Crippen molar-refractivity contribution in [2.24, 2.45) is 0 Å². The minimum absolute atomic E-state index is 0.0397. The maximum atomic E-state index is 13.0. The Kier molecular flexibility index (Phi) is 10.1. The average molecular weight is 538 g/mol. The summed E-state index contributed by atoms with van der Waals surface area (Å²) in [7, 11) is -1.20. The van der Waals surface area contributed by atoms with Crippen molar-refractivity contribution in [2.75, 3.05) is 33.3 Å². The summed E-state index contributed by atoms with van der Waals surface area (Å²) in [6, 6.07) is 11.4. The van der Waals surface area contributed by atoms with E-state index in [0.717, 1.165) is 0 Å². The van der Waals surface area contributed by atoms with Gasteiger partial charge in [-0.15, -0.1) is 0 Å². The van der Waals surface area contributed by atoms with Gasteiger partial charge in [0, 0.05) is 18.7 Å². The fourth-order valence-corrected chi connectivity index (χ4v) is 5.67. The smallest absolute Gasteiger partial charge is 0.227 e. The van der Waals surface area contributed by atoms with E-state index in [9.17, 15) is 13.2 Å². The number of hydrogen-bond acceptors (Lipinski definition) is 7. The van der Waals surface area contributed by atoms with Crippen LogP contribution < -0.4 is 14.8 Å². The first-order valence-electron chi connectivity index (χ1n) is 11.7. The fraction of sp³-hybridized carbons (Fsp3) is 0.500. The Labute approximate surface area is 216 Å². The number of rotatable bonds is 12. The zero-order valence-corrected chi connectivity index (χ0v) is 24.3. The molecule has 0 unspecified atom stereocenters. The molecule has 0 fully saturated rings. The lowest BCUT2D eigenvalue weighted by molar-refractivity contribution is -0.119. The molecule has 36 heavy (non-hydrogen) atoms. The highest BCUT2D eigenvalue weighted by atomic mass is 32.2. The van der Waals surface area contributed by atoms with Crippen molar-refractivity contribution in [3.8, 4) is 11.5 Å². The predicted molar refractivity (Wildman–Crippen MR) is 144 cm³/mol. The van der Waals surface area contributed by atoms with E-state index in [0.29, 0.717) is 23.6 Å². The van der Waals surface area contributed by atoms with Crippen molar-refractivity contribution in [1.82, 2.24) is 0 Å². The molecule has 1 atom stereocenters. The topological polar surface area (TPSA) is 100 Å². The lowest BCUT2D eigenvalue weighted by Crippen LogP contribution is -2.43. The Bertz CT molecular complexity index is 1130. The van der Waals surface area contributed by atoms with Crippen molar-refractivity contribution in [2.45, 2.75) is 62.1 Å². The third kappa shape index (κ3) is 7.80. The van der Waals surface area contributed by atoms with Crippen molar-refractivity contribution >= 4 is 29.7 Å². The first-order chi connectivity index (χ1) is 16.7. The van der Waals surface area contributed by atoms with Crippen LogP contribution >= 0.6 is 0 Å². The van der Waals surface area contributed by atoms with Gasteiger partial charge >= 0.3 is 0 Å². The summed E-state index contributed by atoms with van der Waals surface area (Å²) in [6.45, 7) is 11.0. The zero-order valence-electron chi connectivity index (χ0n) is 22.5. The Morgan fingerprint density at radius 1 is 1.03 bits per heavy atom. The molecule has 8 nitrogen and oxygen atoms in total. The molecule has 1 amide bonds. The van der Waals surface area contributed by atoms with Gasteiger partial charge in [0.2, 0.25) is 5.91 Å². The minimum atomic E-state index is -3.65. The molecule has 2 rings (SSSR count). The molecule has 1 N–H and O–H groups in total. The Balaban J connectivity index is 2.24. The molecule has 0 aliphatic carbocycles. The van der Waals surface area contributed by atoms with E-state index in [1.165, 1.54) is 14.2 Å². The number of amides is 1. The second-order valence-electron chi connectivity index (χ2n) is 10.1. The number of carbonyl (C=O) groups excluding carboxylic acids is 1. The number of anilines is 1. The van der Waals surface area contributed by atoms with Crippen LogP contribution in [0.4, 0.5) is 5.69 Å². The molecular weight excluding hydrogens is 498 g/mol. The predicted octanol–water partition coefficient (Wildman–Crippen LogP) is 5.04. The molecule has 0 radical (unpaired) electrons. The number of benzene rings is 2. The molecular formula is C26H39NO7SSi. The number of hydrogen-bond donors (Lipinski definition) is 1. The molecule has 2 aromatic rings. The van der Waals surface area contributed by atoms with Crippen molar-refractivity contribution in [3.05, 3.63) is 48.0 Å². The van der Waals surface area contributed by atoms with Crippen LogP contribution in [0.15, 0.2) is 47.4 Å². The summed E-state index contributed by atoms with van der Waals surface area (Å²) in [5.41, 5.74) is 0.695. The number of carbonyl (C=O) groups is 1. The zero-order chi connectivity index (χ0) is 27.1. The highest BCUT2D eigenvalue weighted by Gasteiger charge is 2.37. The Morgan fingerprint density at radius 2 is 1.67 bits per heavy atom. The molecule has 2 aromatic carbocycles. The molecule has 0 aromatic heterocycles. The van der Waals surface area contributed by atoms with E-state index in [4.69, 9.17) is 18.6 Å². The van der Waals surface area contributed by atoms with E-state index < -0.39 is 24.3 Å². The lowest BCUT2D eigenvalue weighted by atomic mass is 10.1. The normalized spacial score (nSPS) is 13.2. The van der Waals surface area contributed by atoms with Gasteiger partial charge in [-0.3, -0.25) is 4.79 Å². The van der Waals surface area contributed by atoms with E-state index in [-0.39, 0.29) is 33.8 Å². The molecule has 0 aliphatic heterocycles. The van der Waals surface area contributed by atoms with Gasteiger partial charge in [-0.1, -0.05) is 39.0 Å². The van der Waals surface area contributed by atoms with E-state index in [1.807, 2.05) is 0 Å². The Morgan fingerprint density at radius 3 is 2.19 bits per heavy atom. The third-order valence-corrected chi connectivity index (χ3v) is 12.7. The van der Waals surface area contributed by atoms with Gasteiger partial charge < -0.3 is 24.0 Å². The monoisotopic (exact) mass is 537 g/mol. The molecule has 200 valence electrons. The van der Waals surface area contributed by atoms with Gasteiger partial charge in [-0.2, -0.15) is 0 Å². The van der Waals surface area contributed by atoms with Crippen LogP contribution in [0.25, 0.3) is 0 Å². The summed E-state index contributed by atoms with van der Waals surface area (Å²) < 4.78 is 48.6. The Hall–Kier alpha value is -2.40. The molecule has 10 heteroatoms. The highest BCUT2D eigenvalue weighted by Crippen LogP contribution is 2.37. The molecule has 0 spiro atoms. The van der Waals surface area contributed by atoms with Gasteiger partial charge in [0.05, 0.1) is 49.7 Å². The van der Waals surface area contributed by atoms with Crippen molar-refractivity contribution in [3.63, 3.8) is 0 Å². The van der Waals surface area contributed by atoms with Gasteiger partial charge in [-0.05, 0) is 36.3 Å². The van der Waals surface area contributed by atoms with E-state index >= 15 is 0 Å². The third-order valence-electron chi connectivity index (χ3n) is 6.48. The van der Waals surface area contributed by atoms with Crippen LogP contribution in [-0.2, 0) is 29.5 Å². The number of methoxy groups -OCH3 is 3. The molecule has 0 heterocycles. The van der Waals surface area contributed by atoms with E-state index in [2.05, 4.69) is 39.2 Å². The molecule has 0 aliphatic rings. The molecule has 0 saturated carbocycles. The summed E-state index contributed by atoms with van der Waals surface area (Å²) in [5.74, 6) is 0.0227. The largest absolute Gasteiger partial charge is 0.497 e. The van der Waals surface area contributed by atoms with Crippen LogP contribution in [0, 0.1) is 0 Å². The van der Waals surface area contributed by atoms with Crippen LogP contribution in [0.3, 0.4) is 0 Å². The quantitative estimate of drug-likeness (QED) is 0.379. The maximum Gasteiger partial charge on any atom is 0.227 e. The van der Waals surface area contributed by atoms with Crippen molar-refractivity contribution < 1.29 is 31.8 Å². The first kappa shape index (κ1) is 29.8. The van der Waals surface area contributed by atoms with Crippen LogP contribution in [-0.4, -0.2) is 56.7 Å². The molecule has 0 saturated heterocycles. The summed E-state index contributed by atoms with van der Waals surface area (Å²) >= 11 is 0. The second kappa shape index (κ2) is 12.2. The fourth-order valence-electron chi connectivity index (χ4n) is 3.27. The van der Waals surface area contributed by atoms with Crippen LogP contribution in [0.1, 0.15) is 32.8 Å². The van der Waals surface area contributed by atoms with Gasteiger partial charge in [-0.25, -0.2) is 8.42 Å². The van der Waals surface area contributed by atoms with Gasteiger partial charge in [0.25, 0.3) is 0 Å². The average Bonchev–Trinajstić information content (AvgIpc) is 2.81. The van der Waals surface area contributed by atoms with Gasteiger partial charge in [0.1, 0.15) is 11.5 Å². The maximum absolute atomic E-state index is 13.0. The van der Waals surface area contributed by atoms with Crippen LogP contribution in [0.5, 0.6) is 11.5 Å². The first-order valence-corrected chi connectivity index (χ1v) is 16.3. The minimum Gasteiger partial charge on any atom is -0.497 e. The van der Waals surface area contributed by atoms with E-state index in [1.54, 1.807) is 49.6 Å².